The number of hydrogen-bond acceptors (Lipinski definition) is 4. The van der Waals surface area contributed by atoms with Crippen LogP contribution in [0.3, 0.4) is 0 Å². The van der Waals surface area contributed by atoms with Gasteiger partial charge in [-0.05, 0) is 12.1 Å². The molecular weight excluding hydrogens is 254 g/mol. The Morgan fingerprint density at radius 1 is 1.44 bits per heavy atom. The fourth-order valence-electron chi connectivity index (χ4n) is 0.967. The van der Waals surface area contributed by atoms with E-state index in [4.69, 9.17) is 11.6 Å². The normalized spacial score (nSPS) is 11.1. The SMILES string of the molecule is COC(=O)CNS(=O)(=O)c1ccccc1Cl. The molecule has 16 heavy (non-hydrogen) atoms. The van der Waals surface area contributed by atoms with Crippen molar-refractivity contribution in [3.8, 4) is 0 Å². The van der Waals surface area contributed by atoms with Crippen LogP contribution in [0, 0.1) is 0 Å². The van der Waals surface area contributed by atoms with Gasteiger partial charge in [-0.1, -0.05) is 23.7 Å². The standard InChI is InChI=1S/C9H10ClNO4S/c1-15-9(12)6-11-16(13,14)8-5-3-2-4-7(8)10/h2-5,11H,6H2,1H3. The zero-order chi connectivity index (χ0) is 12.2. The molecule has 1 N–H and O–H groups in total. The zero-order valence-electron chi connectivity index (χ0n) is 8.44. The van der Waals surface area contributed by atoms with Gasteiger partial charge in [0.25, 0.3) is 0 Å². The minimum atomic E-state index is -3.78. The number of carbonyl (C=O) groups is 1. The number of carbonyl (C=O) groups excluding carboxylic acids is 1. The van der Waals surface area contributed by atoms with E-state index in [0.29, 0.717) is 0 Å². The largest absolute Gasteiger partial charge is 0.468 e. The highest BCUT2D eigenvalue weighted by Crippen LogP contribution is 2.19. The smallest absolute Gasteiger partial charge is 0.320 e. The molecule has 1 aromatic carbocycles. The van der Waals surface area contributed by atoms with Gasteiger partial charge in [0.1, 0.15) is 11.4 Å². The van der Waals surface area contributed by atoms with Crippen LogP contribution in [-0.2, 0) is 19.6 Å². The summed E-state index contributed by atoms with van der Waals surface area (Å²) in [5.74, 6) is -0.671. The van der Waals surface area contributed by atoms with Crippen molar-refractivity contribution in [1.82, 2.24) is 4.72 Å². The first-order chi connectivity index (χ1) is 7.47. The lowest BCUT2D eigenvalue weighted by Crippen LogP contribution is -2.30. The van der Waals surface area contributed by atoms with Crippen molar-refractivity contribution >= 4 is 27.6 Å². The zero-order valence-corrected chi connectivity index (χ0v) is 10.0. The summed E-state index contributed by atoms with van der Waals surface area (Å²) in [5, 5.41) is 0.0971. The molecule has 88 valence electrons. The molecule has 0 aliphatic rings. The van der Waals surface area contributed by atoms with E-state index in [0.717, 1.165) is 0 Å². The van der Waals surface area contributed by atoms with E-state index in [1.807, 2.05) is 0 Å². The second kappa shape index (κ2) is 5.29. The first kappa shape index (κ1) is 13.0. The van der Waals surface area contributed by atoms with Crippen molar-refractivity contribution < 1.29 is 17.9 Å². The molecule has 0 bridgehead atoms. The summed E-state index contributed by atoms with van der Waals surface area (Å²) >= 11 is 5.72. The molecule has 0 heterocycles. The van der Waals surface area contributed by atoms with Crippen LogP contribution in [0.4, 0.5) is 0 Å². The molecule has 7 heteroatoms. The van der Waals surface area contributed by atoms with E-state index in [1.54, 1.807) is 12.1 Å². The molecule has 0 atom stereocenters. The fraction of sp³-hybridized carbons (Fsp3) is 0.222. The second-order valence-electron chi connectivity index (χ2n) is 2.83. The molecule has 0 aliphatic heterocycles. The van der Waals surface area contributed by atoms with Crippen LogP contribution in [0.1, 0.15) is 0 Å². The van der Waals surface area contributed by atoms with Crippen molar-refractivity contribution in [3.63, 3.8) is 0 Å². The van der Waals surface area contributed by atoms with Crippen molar-refractivity contribution in [2.45, 2.75) is 4.90 Å². The Morgan fingerprint density at radius 3 is 2.62 bits per heavy atom. The molecule has 0 spiro atoms. The maximum Gasteiger partial charge on any atom is 0.320 e. The van der Waals surface area contributed by atoms with Crippen LogP contribution >= 0.6 is 11.6 Å². The third kappa shape index (κ3) is 3.19. The van der Waals surface area contributed by atoms with Gasteiger partial charge in [-0.15, -0.1) is 0 Å². The topological polar surface area (TPSA) is 72.5 Å². The maximum absolute atomic E-state index is 11.7. The molecule has 1 aromatic rings. The van der Waals surface area contributed by atoms with Crippen molar-refractivity contribution in [2.75, 3.05) is 13.7 Å². The first-order valence-electron chi connectivity index (χ1n) is 4.28. The number of esters is 1. The minimum absolute atomic E-state index is 0.0689. The van der Waals surface area contributed by atoms with Gasteiger partial charge in [-0.2, -0.15) is 4.72 Å². The number of halogens is 1. The number of rotatable bonds is 4. The Hall–Kier alpha value is -1.11. The summed E-state index contributed by atoms with van der Waals surface area (Å²) in [5.41, 5.74) is 0. The quantitative estimate of drug-likeness (QED) is 0.816. The molecule has 0 amide bonds. The van der Waals surface area contributed by atoms with E-state index in [1.165, 1.54) is 19.2 Å². The number of methoxy groups -OCH3 is 1. The van der Waals surface area contributed by atoms with Crippen LogP contribution in [0.15, 0.2) is 29.2 Å². The predicted octanol–water partition coefficient (Wildman–Crippen LogP) is 0.791. The highest BCUT2D eigenvalue weighted by atomic mass is 35.5. The van der Waals surface area contributed by atoms with Gasteiger partial charge in [0, 0.05) is 0 Å². The molecule has 0 fully saturated rings. The van der Waals surface area contributed by atoms with Crippen LogP contribution in [0.2, 0.25) is 5.02 Å². The van der Waals surface area contributed by atoms with E-state index in [9.17, 15) is 13.2 Å². The molecule has 0 aliphatic carbocycles. The van der Waals surface area contributed by atoms with Crippen molar-refractivity contribution in [3.05, 3.63) is 29.3 Å². The lowest BCUT2D eigenvalue weighted by molar-refractivity contribution is -0.139. The maximum atomic E-state index is 11.7. The third-order valence-corrected chi connectivity index (χ3v) is 3.66. The number of ether oxygens (including phenoxy) is 1. The molecule has 1 rings (SSSR count). The average molecular weight is 264 g/mol. The summed E-state index contributed by atoms with van der Waals surface area (Å²) < 4.78 is 29.7. The number of sulfonamides is 1. The van der Waals surface area contributed by atoms with Crippen LogP contribution in [-0.4, -0.2) is 28.0 Å². The van der Waals surface area contributed by atoms with Crippen LogP contribution in [0.25, 0.3) is 0 Å². The minimum Gasteiger partial charge on any atom is -0.468 e. The lowest BCUT2D eigenvalue weighted by Gasteiger charge is -2.06. The highest BCUT2D eigenvalue weighted by molar-refractivity contribution is 7.89. The Kier molecular flexibility index (Phi) is 4.28. The summed E-state index contributed by atoms with van der Waals surface area (Å²) in [6, 6.07) is 5.95. The number of benzene rings is 1. The van der Waals surface area contributed by atoms with Gasteiger partial charge in [0.2, 0.25) is 10.0 Å². The third-order valence-electron chi connectivity index (χ3n) is 1.76. The van der Waals surface area contributed by atoms with Gasteiger partial charge in [0.15, 0.2) is 0 Å². The molecular formula is C9H10ClNO4S. The Bertz CT molecular complexity index is 486. The van der Waals surface area contributed by atoms with E-state index in [-0.39, 0.29) is 9.92 Å². The summed E-state index contributed by atoms with van der Waals surface area (Å²) in [4.78, 5) is 10.7. The number of hydrogen-bond donors (Lipinski definition) is 1. The highest BCUT2D eigenvalue weighted by Gasteiger charge is 2.18. The van der Waals surface area contributed by atoms with E-state index < -0.39 is 22.5 Å². The molecule has 0 saturated carbocycles. The predicted molar refractivity (Wildman–Crippen MR) is 58.7 cm³/mol. The molecule has 0 unspecified atom stereocenters. The first-order valence-corrected chi connectivity index (χ1v) is 6.14. The summed E-state index contributed by atoms with van der Waals surface area (Å²) in [7, 11) is -2.61. The fourth-order valence-corrected chi connectivity index (χ4v) is 2.45. The Morgan fingerprint density at radius 2 is 2.06 bits per heavy atom. The Labute approximate surface area is 98.4 Å². The van der Waals surface area contributed by atoms with Crippen LogP contribution in [0.5, 0.6) is 0 Å². The van der Waals surface area contributed by atoms with Crippen molar-refractivity contribution in [1.29, 1.82) is 0 Å². The molecule has 0 radical (unpaired) electrons. The van der Waals surface area contributed by atoms with Gasteiger partial charge in [0.05, 0.1) is 12.1 Å². The molecule has 0 saturated heterocycles. The second-order valence-corrected chi connectivity index (χ2v) is 4.97. The van der Waals surface area contributed by atoms with Crippen molar-refractivity contribution in [2.24, 2.45) is 0 Å². The van der Waals surface area contributed by atoms with E-state index >= 15 is 0 Å². The monoisotopic (exact) mass is 263 g/mol. The van der Waals surface area contributed by atoms with E-state index in [2.05, 4.69) is 9.46 Å². The van der Waals surface area contributed by atoms with Gasteiger partial charge in [-0.25, -0.2) is 8.42 Å². The van der Waals surface area contributed by atoms with Gasteiger partial charge in [-0.3, -0.25) is 4.79 Å². The number of nitrogens with one attached hydrogen (secondary N) is 1. The summed E-state index contributed by atoms with van der Waals surface area (Å²) in [6.07, 6.45) is 0. The van der Waals surface area contributed by atoms with Crippen LogP contribution < -0.4 is 4.72 Å². The van der Waals surface area contributed by atoms with Gasteiger partial charge >= 0.3 is 5.97 Å². The Balaban J connectivity index is 2.87. The molecule has 5 nitrogen and oxygen atoms in total. The summed E-state index contributed by atoms with van der Waals surface area (Å²) in [6.45, 7) is -0.427. The lowest BCUT2D eigenvalue weighted by atomic mass is 10.4. The average Bonchev–Trinajstić information content (AvgIpc) is 2.26. The molecule has 0 aromatic heterocycles. The van der Waals surface area contributed by atoms with Gasteiger partial charge < -0.3 is 4.74 Å².